The van der Waals surface area contributed by atoms with E-state index in [1.54, 1.807) is 31.2 Å². The number of ether oxygens (including phenoxy) is 1. The number of para-hydroxylation sites is 1. The molecule has 0 amide bonds. The van der Waals surface area contributed by atoms with E-state index >= 15 is 0 Å². The van der Waals surface area contributed by atoms with Crippen molar-refractivity contribution in [2.45, 2.75) is 37.1 Å². The third-order valence-electron chi connectivity index (χ3n) is 4.41. The average molecular weight is 427 g/mol. The first-order chi connectivity index (χ1) is 14.5. The van der Waals surface area contributed by atoms with E-state index in [0.717, 1.165) is 6.42 Å². The van der Waals surface area contributed by atoms with Crippen LogP contribution in [-0.2, 0) is 9.53 Å². The Morgan fingerprint density at radius 1 is 1.20 bits per heavy atom. The van der Waals surface area contributed by atoms with Crippen LogP contribution >= 0.6 is 11.8 Å². The SMILES string of the molecule is CCCC(Sc1nc2ccccc2c(=O)n1-c1ccc([N+](=O)[O-])cc1)C(=O)OCC. The molecule has 0 bridgehead atoms. The Kier molecular flexibility index (Phi) is 6.83. The van der Waals surface area contributed by atoms with Gasteiger partial charge in [0.15, 0.2) is 5.16 Å². The quantitative estimate of drug-likeness (QED) is 0.175. The molecule has 0 N–H and O–H groups in total. The van der Waals surface area contributed by atoms with Crippen LogP contribution in [0, 0.1) is 10.1 Å². The van der Waals surface area contributed by atoms with Crippen LogP contribution < -0.4 is 5.56 Å². The zero-order chi connectivity index (χ0) is 21.7. The minimum Gasteiger partial charge on any atom is -0.465 e. The van der Waals surface area contributed by atoms with E-state index in [2.05, 4.69) is 4.98 Å². The lowest BCUT2D eigenvalue weighted by atomic mass is 10.2. The number of nitrogens with zero attached hydrogens (tertiary/aromatic N) is 3. The molecule has 9 heteroatoms. The number of esters is 1. The molecule has 1 heterocycles. The second kappa shape index (κ2) is 9.53. The van der Waals surface area contributed by atoms with Crippen LogP contribution in [0.4, 0.5) is 5.69 Å². The summed E-state index contributed by atoms with van der Waals surface area (Å²) in [5.74, 6) is -0.359. The van der Waals surface area contributed by atoms with Gasteiger partial charge in [0.05, 0.1) is 28.1 Å². The lowest BCUT2D eigenvalue weighted by Gasteiger charge is -2.18. The summed E-state index contributed by atoms with van der Waals surface area (Å²) in [6.45, 7) is 3.97. The molecule has 0 fully saturated rings. The molecule has 0 saturated carbocycles. The van der Waals surface area contributed by atoms with Crippen molar-refractivity contribution >= 4 is 34.3 Å². The number of thioether (sulfide) groups is 1. The highest BCUT2D eigenvalue weighted by Gasteiger charge is 2.24. The van der Waals surface area contributed by atoms with Gasteiger partial charge in [-0.05, 0) is 37.6 Å². The van der Waals surface area contributed by atoms with Gasteiger partial charge in [-0.25, -0.2) is 4.98 Å². The van der Waals surface area contributed by atoms with Crippen LogP contribution in [-0.4, -0.2) is 32.3 Å². The summed E-state index contributed by atoms with van der Waals surface area (Å²) in [6, 6.07) is 12.6. The number of aromatic nitrogens is 2. The Bertz CT molecular complexity index is 1130. The smallest absolute Gasteiger partial charge is 0.319 e. The number of benzene rings is 2. The van der Waals surface area contributed by atoms with Crippen molar-refractivity contribution in [2.75, 3.05) is 6.61 Å². The molecule has 156 valence electrons. The number of hydrogen-bond donors (Lipinski definition) is 0. The summed E-state index contributed by atoms with van der Waals surface area (Å²) in [4.78, 5) is 40.8. The molecule has 2 aromatic carbocycles. The highest BCUT2D eigenvalue weighted by Crippen LogP contribution is 2.29. The molecule has 1 atom stereocenters. The number of nitro groups is 1. The predicted molar refractivity (Wildman–Crippen MR) is 115 cm³/mol. The Morgan fingerprint density at radius 3 is 2.53 bits per heavy atom. The fourth-order valence-corrected chi connectivity index (χ4v) is 4.21. The van der Waals surface area contributed by atoms with Gasteiger partial charge in [0, 0.05) is 12.1 Å². The van der Waals surface area contributed by atoms with E-state index in [0.29, 0.717) is 28.2 Å². The topological polar surface area (TPSA) is 104 Å². The molecule has 8 nitrogen and oxygen atoms in total. The fourth-order valence-electron chi connectivity index (χ4n) is 2.99. The predicted octanol–water partition coefficient (Wildman–Crippen LogP) is 4.12. The van der Waals surface area contributed by atoms with E-state index in [9.17, 15) is 19.7 Å². The first-order valence-electron chi connectivity index (χ1n) is 9.56. The molecule has 0 aliphatic heterocycles. The first kappa shape index (κ1) is 21.5. The van der Waals surface area contributed by atoms with Gasteiger partial charge in [0.2, 0.25) is 0 Å². The van der Waals surface area contributed by atoms with Gasteiger partial charge in [-0.3, -0.25) is 24.3 Å². The summed E-state index contributed by atoms with van der Waals surface area (Å²) >= 11 is 1.17. The minimum absolute atomic E-state index is 0.0786. The van der Waals surface area contributed by atoms with Gasteiger partial charge in [-0.15, -0.1) is 0 Å². The number of carbonyl (C=O) groups is 1. The summed E-state index contributed by atoms with van der Waals surface area (Å²) in [7, 11) is 0. The Balaban J connectivity index is 2.16. The molecular formula is C21H21N3O5S. The molecule has 0 spiro atoms. The van der Waals surface area contributed by atoms with Crippen LogP contribution in [0.3, 0.4) is 0 Å². The zero-order valence-corrected chi connectivity index (χ0v) is 17.4. The molecule has 0 radical (unpaired) electrons. The van der Waals surface area contributed by atoms with Gasteiger partial charge < -0.3 is 4.74 Å². The number of rotatable bonds is 8. The van der Waals surface area contributed by atoms with Crippen molar-refractivity contribution in [3.05, 3.63) is 69.0 Å². The van der Waals surface area contributed by atoms with E-state index in [1.165, 1.54) is 40.6 Å². The van der Waals surface area contributed by atoms with Gasteiger partial charge in [-0.1, -0.05) is 37.2 Å². The monoisotopic (exact) mass is 427 g/mol. The van der Waals surface area contributed by atoms with Gasteiger partial charge in [0.1, 0.15) is 5.25 Å². The molecule has 0 saturated heterocycles. The Morgan fingerprint density at radius 2 is 1.90 bits per heavy atom. The molecule has 0 aliphatic rings. The third-order valence-corrected chi connectivity index (χ3v) is 5.61. The number of non-ortho nitro benzene ring substituents is 1. The minimum atomic E-state index is -0.521. The number of nitro benzene ring substituents is 1. The zero-order valence-electron chi connectivity index (χ0n) is 16.6. The summed E-state index contributed by atoms with van der Waals surface area (Å²) in [6.07, 6.45) is 1.32. The second-order valence-corrected chi connectivity index (χ2v) is 7.64. The van der Waals surface area contributed by atoms with Crippen molar-refractivity contribution in [1.82, 2.24) is 9.55 Å². The molecule has 1 unspecified atom stereocenters. The Labute approximate surface area is 177 Å². The first-order valence-corrected chi connectivity index (χ1v) is 10.4. The van der Waals surface area contributed by atoms with Gasteiger partial charge in [0.25, 0.3) is 11.2 Å². The molecule has 3 aromatic rings. The largest absolute Gasteiger partial charge is 0.465 e. The van der Waals surface area contributed by atoms with Gasteiger partial charge in [-0.2, -0.15) is 0 Å². The lowest BCUT2D eigenvalue weighted by Crippen LogP contribution is -2.25. The molecule has 3 rings (SSSR count). The normalized spacial score (nSPS) is 11.9. The van der Waals surface area contributed by atoms with E-state index in [4.69, 9.17) is 4.74 Å². The number of hydrogen-bond acceptors (Lipinski definition) is 7. The maximum atomic E-state index is 13.3. The Hall–Kier alpha value is -3.20. The average Bonchev–Trinajstić information content (AvgIpc) is 2.74. The maximum Gasteiger partial charge on any atom is 0.319 e. The van der Waals surface area contributed by atoms with Crippen LogP contribution in [0.15, 0.2) is 58.5 Å². The van der Waals surface area contributed by atoms with Crippen molar-refractivity contribution in [1.29, 1.82) is 0 Å². The van der Waals surface area contributed by atoms with E-state index < -0.39 is 10.2 Å². The number of carbonyl (C=O) groups excluding carboxylic acids is 1. The number of fused-ring (bicyclic) bond motifs is 1. The van der Waals surface area contributed by atoms with Crippen LogP contribution in [0.5, 0.6) is 0 Å². The summed E-state index contributed by atoms with van der Waals surface area (Å²) in [5, 5.41) is 11.2. The van der Waals surface area contributed by atoms with Crippen LogP contribution in [0.25, 0.3) is 16.6 Å². The van der Waals surface area contributed by atoms with E-state index in [-0.39, 0.29) is 23.8 Å². The van der Waals surface area contributed by atoms with Crippen molar-refractivity contribution in [3.8, 4) is 5.69 Å². The highest BCUT2D eigenvalue weighted by atomic mass is 32.2. The van der Waals surface area contributed by atoms with Crippen LogP contribution in [0.1, 0.15) is 26.7 Å². The molecule has 0 aliphatic carbocycles. The standard InChI is InChI=1S/C21H21N3O5S/c1-3-7-18(20(26)29-4-2)30-21-22-17-9-6-5-8-16(17)19(25)23(21)14-10-12-15(13-11-14)24(27)28/h5-6,8-13,18H,3-4,7H2,1-2H3. The van der Waals surface area contributed by atoms with Crippen molar-refractivity contribution in [2.24, 2.45) is 0 Å². The third kappa shape index (κ3) is 4.51. The maximum absolute atomic E-state index is 13.3. The van der Waals surface area contributed by atoms with E-state index in [1.807, 2.05) is 6.92 Å². The highest BCUT2D eigenvalue weighted by molar-refractivity contribution is 8.00. The summed E-state index contributed by atoms with van der Waals surface area (Å²) in [5.41, 5.74) is 0.564. The van der Waals surface area contributed by atoms with Gasteiger partial charge >= 0.3 is 5.97 Å². The lowest BCUT2D eigenvalue weighted by molar-refractivity contribution is -0.384. The summed E-state index contributed by atoms with van der Waals surface area (Å²) < 4.78 is 6.57. The fraction of sp³-hybridized carbons (Fsp3) is 0.286. The van der Waals surface area contributed by atoms with Crippen molar-refractivity contribution in [3.63, 3.8) is 0 Å². The second-order valence-electron chi connectivity index (χ2n) is 6.47. The molecule has 30 heavy (non-hydrogen) atoms. The van der Waals surface area contributed by atoms with Crippen molar-refractivity contribution < 1.29 is 14.5 Å². The van der Waals surface area contributed by atoms with Crippen LogP contribution in [0.2, 0.25) is 0 Å². The molecule has 1 aromatic heterocycles. The molecular weight excluding hydrogens is 406 g/mol.